The van der Waals surface area contributed by atoms with Crippen molar-refractivity contribution in [2.24, 2.45) is 0 Å². The van der Waals surface area contributed by atoms with Crippen molar-refractivity contribution in [1.29, 1.82) is 0 Å². The van der Waals surface area contributed by atoms with Gasteiger partial charge in [0, 0.05) is 17.7 Å². The highest BCUT2D eigenvalue weighted by Gasteiger charge is 2.21. The average Bonchev–Trinajstić information content (AvgIpc) is 3.10. The molecule has 0 aliphatic heterocycles. The second-order valence-electron chi connectivity index (χ2n) is 5.91. The molecule has 27 heavy (non-hydrogen) atoms. The topological polar surface area (TPSA) is 57.0 Å². The quantitative estimate of drug-likeness (QED) is 0.443. The van der Waals surface area contributed by atoms with Gasteiger partial charge in [0.05, 0.1) is 12.4 Å². The monoisotopic (exact) mass is 385 g/mol. The largest absolute Gasteiger partial charge is 0.497 e. The fourth-order valence-corrected chi connectivity index (χ4v) is 3.67. The van der Waals surface area contributed by atoms with Gasteiger partial charge in [0.1, 0.15) is 11.6 Å². The Kier molecular flexibility index (Phi) is 5.91. The lowest BCUT2D eigenvalue weighted by Gasteiger charge is -2.12. The third kappa shape index (κ3) is 4.19. The number of rotatable bonds is 7. The molecule has 1 heterocycles. The summed E-state index contributed by atoms with van der Waals surface area (Å²) in [6, 6.07) is 13.2. The average molecular weight is 385 g/mol. The van der Waals surface area contributed by atoms with Crippen molar-refractivity contribution >= 4 is 17.5 Å². The van der Waals surface area contributed by atoms with Crippen LogP contribution in [0.2, 0.25) is 0 Å². The zero-order chi connectivity index (χ0) is 19.4. The molecule has 0 aliphatic carbocycles. The molecule has 2 aromatic carbocycles. The normalized spacial score (nSPS) is 12.0. The van der Waals surface area contributed by atoms with Gasteiger partial charge >= 0.3 is 0 Å². The van der Waals surface area contributed by atoms with Crippen molar-refractivity contribution in [3.8, 4) is 17.1 Å². The lowest BCUT2D eigenvalue weighted by atomic mass is 10.1. The zero-order valence-corrected chi connectivity index (χ0v) is 16.2. The molecular formula is C20H20FN3O2S. The van der Waals surface area contributed by atoms with E-state index < -0.39 is 0 Å². The number of ketones is 1. The Morgan fingerprint density at radius 1 is 1.15 bits per heavy atom. The van der Waals surface area contributed by atoms with E-state index in [2.05, 4.69) is 10.2 Å². The molecule has 0 fully saturated rings. The lowest BCUT2D eigenvalue weighted by molar-refractivity contribution is 0.0994. The molecule has 0 saturated heterocycles. The molecule has 1 atom stereocenters. The summed E-state index contributed by atoms with van der Waals surface area (Å²) in [5, 5.41) is 8.87. The Balaban J connectivity index is 1.81. The summed E-state index contributed by atoms with van der Waals surface area (Å²) in [4.78, 5) is 12.6. The summed E-state index contributed by atoms with van der Waals surface area (Å²) in [7, 11) is 1.62. The van der Waals surface area contributed by atoms with E-state index in [1.54, 1.807) is 7.11 Å². The molecule has 3 rings (SSSR count). The van der Waals surface area contributed by atoms with Crippen LogP contribution in [-0.4, -0.2) is 32.9 Å². The maximum atomic E-state index is 13.1. The van der Waals surface area contributed by atoms with Gasteiger partial charge in [-0.05, 0) is 62.4 Å². The predicted molar refractivity (Wildman–Crippen MR) is 104 cm³/mol. The van der Waals surface area contributed by atoms with Gasteiger partial charge in [0.25, 0.3) is 0 Å². The van der Waals surface area contributed by atoms with Crippen molar-refractivity contribution in [2.45, 2.75) is 30.8 Å². The number of halogens is 1. The molecule has 0 bridgehead atoms. The smallest absolute Gasteiger partial charge is 0.192 e. The minimum atomic E-state index is -0.367. The van der Waals surface area contributed by atoms with Crippen LogP contribution in [0.15, 0.2) is 53.7 Å². The van der Waals surface area contributed by atoms with Crippen LogP contribution < -0.4 is 4.74 Å². The number of carbonyl (C=O) groups is 1. The molecule has 0 radical (unpaired) electrons. The Labute approximate surface area is 161 Å². The van der Waals surface area contributed by atoms with Gasteiger partial charge in [-0.1, -0.05) is 11.8 Å². The van der Waals surface area contributed by atoms with Gasteiger partial charge < -0.3 is 9.30 Å². The van der Waals surface area contributed by atoms with Gasteiger partial charge in [0.2, 0.25) is 0 Å². The van der Waals surface area contributed by atoms with Crippen LogP contribution >= 0.6 is 11.8 Å². The first-order chi connectivity index (χ1) is 13.0. The van der Waals surface area contributed by atoms with E-state index in [1.165, 1.54) is 36.0 Å². The minimum absolute atomic E-state index is 0.0725. The van der Waals surface area contributed by atoms with Crippen molar-refractivity contribution in [1.82, 2.24) is 14.8 Å². The van der Waals surface area contributed by atoms with Crippen LogP contribution in [0.3, 0.4) is 0 Å². The molecule has 1 aromatic heterocycles. The van der Waals surface area contributed by atoms with Crippen molar-refractivity contribution < 1.29 is 13.9 Å². The maximum Gasteiger partial charge on any atom is 0.192 e. The Hall–Kier alpha value is -2.67. The molecular weight excluding hydrogens is 365 g/mol. The fourth-order valence-electron chi connectivity index (χ4n) is 2.68. The Morgan fingerprint density at radius 3 is 2.41 bits per heavy atom. The van der Waals surface area contributed by atoms with Crippen molar-refractivity contribution in [3.63, 3.8) is 0 Å². The minimum Gasteiger partial charge on any atom is -0.497 e. The van der Waals surface area contributed by atoms with E-state index in [1.807, 2.05) is 42.7 Å². The second-order valence-corrected chi connectivity index (χ2v) is 7.22. The van der Waals surface area contributed by atoms with E-state index in [9.17, 15) is 9.18 Å². The van der Waals surface area contributed by atoms with E-state index >= 15 is 0 Å². The van der Waals surface area contributed by atoms with E-state index in [4.69, 9.17) is 4.74 Å². The first-order valence-electron chi connectivity index (χ1n) is 8.57. The van der Waals surface area contributed by atoms with E-state index in [0.29, 0.717) is 17.3 Å². The summed E-state index contributed by atoms with van der Waals surface area (Å²) in [5.41, 5.74) is 1.41. The number of carbonyl (C=O) groups excluding carboxylic acids is 1. The number of hydrogen-bond acceptors (Lipinski definition) is 5. The molecule has 1 unspecified atom stereocenters. The molecule has 140 valence electrons. The highest BCUT2D eigenvalue weighted by Crippen LogP contribution is 2.29. The number of benzene rings is 2. The number of ether oxygens (including phenoxy) is 1. The Morgan fingerprint density at radius 2 is 1.81 bits per heavy atom. The van der Waals surface area contributed by atoms with Crippen LogP contribution in [0.1, 0.15) is 24.2 Å². The van der Waals surface area contributed by atoms with Crippen LogP contribution in [0.4, 0.5) is 4.39 Å². The zero-order valence-electron chi connectivity index (χ0n) is 15.3. The molecule has 0 aliphatic rings. The van der Waals surface area contributed by atoms with Gasteiger partial charge in [-0.3, -0.25) is 4.79 Å². The first-order valence-corrected chi connectivity index (χ1v) is 9.45. The number of methoxy groups -OCH3 is 1. The third-order valence-electron chi connectivity index (χ3n) is 4.16. The van der Waals surface area contributed by atoms with Crippen molar-refractivity contribution in [2.75, 3.05) is 7.11 Å². The van der Waals surface area contributed by atoms with Crippen LogP contribution in [0.25, 0.3) is 11.4 Å². The molecule has 5 nitrogen and oxygen atoms in total. The van der Waals surface area contributed by atoms with E-state index in [0.717, 1.165) is 17.1 Å². The molecule has 0 saturated carbocycles. The maximum absolute atomic E-state index is 13.1. The summed E-state index contributed by atoms with van der Waals surface area (Å²) in [5.74, 6) is 1.08. The van der Waals surface area contributed by atoms with Crippen LogP contribution in [0.5, 0.6) is 5.75 Å². The van der Waals surface area contributed by atoms with Gasteiger partial charge in [0.15, 0.2) is 16.8 Å². The third-order valence-corrected chi connectivity index (χ3v) is 5.24. The first kappa shape index (κ1) is 19.1. The van der Waals surface area contributed by atoms with Gasteiger partial charge in [-0.25, -0.2) is 4.39 Å². The number of nitrogens with zero attached hydrogens (tertiary/aromatic N) is 3. The highest BCUT2D eigenvalue weighted by atomic mass is 32.2. The van der Waals surface area contributed by atoms with Crippen molar-refractivity contribution in [3.05, 3.63) is 59.9 Å². The Bertz CT molecular complexity index is 923. The molecule has 3 aromatic rings. The van der Waals surface area contributed by atoms with Gasteiger partial charge in [-0.2, -0.15) is 0 Å². The summed E-state index contributed by atoms with van der Waals surface area (Å²) in [6.45, 7) is 4.50. The standard InChI is InChI=1S/C20H20FN3O2S/c1-4-24-19(15-7-11-17(26-3)12-8-15)22-23-20(24)27-13(2)18(25)14-5-9-16(21)10-6-14/h5-13H,4H2,1-3H3. The summed E-state index contributed by atoms with van der Waals surface area (Å²) >= 11 is 1.35. The molecule has 0 amide bonds. The number of hydrogen-bond donors (Lipinski definition) is 0. The molecule has 0 N–H and O–H groups in total. The van der Waals surface area contributed by atoms with E-state index in [-0.39, 0.29) is 16.9 Å². The highest BCUT2D eigenvalue weighted by molar-refractivity contribution is 8.00. The van der Waals surface area contributed by atoms with Crippen LogP contribution in [0, 0.1) is 5.82 Å². The van der Waals surface area contributed by atoms with Gasteiger partial charge in [-0.15, -0.1) is 10.2 Å². The fraction of sp³-hybridized carbons (Fsp3) is 0.250. The number of thioether (sulfide) groups is 1. The summed E-state index contributed by atoms with van der Waals surface area (Å²) in [6.07, 6.45) is 0. The SMILES string of the molecule is CCn1c(SC(C)C(=O)c2ccc(F)cc2)nnc1-c1ccc(OC)cc1. The molecule has 7 heteroatoms. The van der Waals surface area contributed by atoms with Crippen LogP contribution in [-0.2, 0) is 6.54 Å². The number of Topliss-reactive ketones (excluding diaryl/α,β-unsaturated/α-hetero) is 1. The second kappa shape index (κ2) is 8.35. The number of aromatic nitrogens is 3. The summed E-state index contributed by atoms with van der Waals surface area (Å²) < 4.78 is 20.2. The molecule has 0 spiro atoms. The lowest BCUT2D eigenvalue weighted by Crippen LogP contribution is -2.14. The predicted octanol–water partition coefficient (Wildman–Crippen LogP) is 4.48.